The first-order chi connectivity index (χ1) is 4.85. The summed E-state index contributed by atoms with van der Waals surface area (Å²) in [7, 11) is 1.61. The molecule has 3 nitrogen and oxygen atoms in total. The van der Waals surface area contributed by atoms with Gasteiger partial charge < -0.3 is 13.0 Å². The van der Waals surface area contributed by atoms with Crippen LogP contribution in [-0.4, -0.2) is 27.4 Å². The van der Waals surface area contributed by atoms with Gasteiger partial charge in [0.15, 0.2) is 0 Å². The monoisotopic (exact) mass is 182 g/mol. The van der Waals surface area contributed by atoms with Crippen LogP contribution < -0.4 is 0 Å². The molecule has 0 saturated heterocycles. The summed E-state index contributed by atoms with van der Waals surface area (Å²) in [4.78, 5) is 0. The van der Waals surface area contributed by atoms with E-state index in [9.17, 15) is 0 Å². The van der Waals surface area contributed by atoms with E-state index in [0.29, 0.717) is 13.2 Å². The minimum Gasteiger partial charge on any atom is -0.441 e. The average molecular weight is 182 g/mol. The zero-order chi connectivity index (χ0) is 7.82. The lowest BCUT2D eigenvalue weighted by Gasteiger charge is -2.11. The van der Waals surface area contributed by atoms with Gasteiger partial charge in [0, 0.05) is 6.42 Å². The number of hydrogen-bond donors (Lipinski definition) is 2. The molecule has 0 rings (SSSR count). The Bertz CT molecular complexity index is 75.5. The van der Waals surface area contributed by atoms with Crippen LogP contribution in [0, 0.1) is 0 Å². The minimum absolute atomic E-state index is 0.0134. The molecule has 0 amide bonds. The van der Waals surface area contributed by atoms with Crippen molar-refractivity contribution in [1.82, 2.24) is 0 Å². The third-order valence-corrected chi connectivity index (χ3v) is 1.51. The van der Waals surface area contributed by atoms with Crippen LogP contribution in [0.5, 0.6) is 0 Å². The van der Waals surface area contributed by atoms with E-state index in [1.807, 2.05) is 0 Å². The summed E-state index contributed by atoms with van der Waals surface area (Å²) in [6, 6.07) is 0. The normalized spacial score (nSPS) is 13.4. The molecule has 0 bridgehead atoms. The third-order valence-electron chi connectivity index (χ3n) is 1.03. The zero-order valence-electron chi connectivity index (χ0n) is 5.82. The molecule has 0 aliphatic rings. The second-order valence-electron chi connectivity index (χ2n) is 1.80. The van der Waals surface area contributed by atoms with E-state index in [1.54, 1.807) is 8.05 Å². The van der Waals surface area contributed by atoms with Gasteiger partial charge in [-0.3, -0.25) is 0 Å². The van der Waals surface area contributed by atoms with Gasteiger partial charge in [-0.1, -0.05) is 0 Å². The van der Waals surface area contributed by atoms with Crippen molar-refractivity contribution in [2.75, 3.05) is 13.2 Å². The quantitative estimate of drug-likeness (QED) is 0.345. The smallest absolute Gasteiger partial charge is 0.257 e. The number of thiol groups is 2. The largest absolute Gasteiger partial charge is 0.441 e. The summed E-state index contributed by atoms with van der Waals surface area (Å²) in [5, 5.41) is 0. The molecule has 0 saturated carbocycles. The summed E-state index contributed by atoms with van der Waals surface area (Å²) in [6.45, 7) is 1.07. The second-order valence-corrected chi connectivity index (χ2v) is 2.27. The van der Waals surface area contributed by atoms with E-state index >= 15 is 0 Å². The Labute approximate surface area is 73.1 Å². The molecule has 0 aromatic carbocycles. The van der Waals surface area contributed by atoms with E-state index < -0.39 is 0 Å². The molecule has 0 aromatic heterocycles. The van der Waals surface area contributed by atoms with Gasteiger partial charge in [0.25, 0.3) is 8.05 Å². The Morgan fingerprint density at radius 3 is 2.50 bits per heavy atom. The summed E-state index contributed by atoms with van der Waals surface area (Å²) in [6.07, 6.45) is 0.724. The van der Waals surface area contributed by atoms with Crippen LogP contribution in [0.25, 0.3) is 0 Å². The van der Waals surface area contributed by atoms with E-state index in [4.69, 9.17) is 8.84 Å². The first-order valence-corrected chi connectivity index (χ1v) is 3.63. The van der Waals surface area contributed by atoms with Crippen LogP contribution in [0.1, 0.15) is 6.42 Å². The lowest BCUT2D eigenvalue weighted by atomic mass is 10.3. The molecule has 0 fully saturated rings. The van der Waals surface area contributed by atoms with Crippen molar-refractivity contribution >= 4 is 33.9 Å². The molecular formula is C4H11BO3S2. The molecule has 0 spiro atoms. The van der Waals surface area contributed by atoms with Crippen LogP contribution in [0.3, 0.4) is 0 Å². The summed E-state index contributed by atoms with van der Waals surface area (Å²) < 4.78 is 14.1. The summed E-state index contributed by atoms with van der Waals surface area (Å²) in [5.41, 5.74) is 0. The topological polar surface area (TPSA) is 27.7 Å². The second kappa shape index (κ2) is 7.75. The molecule has 0 radical (unpaired) electrons. The lowest BCUT2D eigenvalue weighted by Crippen LogP contribution is -2.17. The van der Waals surface area contributed by atoms with E-state index in [1.165, 1.54) is 0 Å². The van der Waals surface area contributed by atoms with E-state index in [0.717, 1.165) is 6.42 Å². The molecule has 0 aliphatic heterocycles. The fourth-order valence-electron chi connectivity index (χ4n) is 0.537. The maximum atomic E-state index is 4.84. The van der Waals surface area contributed by atoms with Crippen molar-refractivity contribution < 1.29 is 13.0 Å². The van der Waals surface area contributed by atoms with E-state index in [-0.39, 0.29) is 6.10 Å². The first-order valence-electron chi connectivity index (χ1n) is 2.90. The highest BCUT2D eigenvalue weighted by Gasteiger charge is 2.05. The Balaban J connectivity index is 3.21. The maximum Gasteiger partial charge on any atom is 0.257 e. The average Bonchev–Trinajstić information content (AvgIpc) is 1.98. The van der Waals surface area contributed by atoms with Gasteiger partial charge in [-0.25, -0.2) is 0 Å². The van der Waals surface area contributed by atoms with Gasteiger partial charge in [-0.2, -0.15) is 0 Å². The third kappa shape index (κ3) is 5.43. The van der Waals surface area contributed by atoms with E-state index in [2.05, 4.69) is 30.0 Å². The zero-order valence-corrected chi connectivity index (χ0v) is 7.61. The SMILES string of the molecule is BOCC(CCOS)OS. The molecule has 0 aliphatic carbocycles. The van der Waals surface area contributed by atoms with Crippen molar-refractivity contribution in [2.45, 2.75) is 12.5 Å². The lowest BCUT2D eigenvalue weighted by molar-refractivity contribution is 0.137. The number of hydrogen-bond acceptors (Lipinski definition) is 5. The molecule has 0 heterocycles. The van der Waals surface area contributed by atoms with Crippen LogP contribution in [0.4, 0.5) is 0 Å². The van der Waals surface area contributed by atoms with Crippen LogP contribution >= 0.6 is 25.8 Å². The fourth-order valence-corrected chi connectivity index (χ4v) is 0.808. The summed E-state index contributed by atoms with van der Waals surface area (Å²) in [5.74, 6) is 0. The molecule has 1 atom stereocenters. The fraction of sp³-hybridized carbons (Fsp3) is 1.00. The molecule has 10 heavy (non-hydrogen) atoms. The van der Waals surface area contributed by atoms with Crippen LogP contribution in [-0.2, 0) is 13.0 Å². The molecule has 1 unspecified atom stereocenters. The first kappa shape index (κ1) is 10.6. The summed E-state index contributed by atoms with van der Waals surface area (Å²) >= 11 is 7.24. The van der Waals surface area contributed by atoms with Crippen molar-refractivity contribution in [1.29, 1.82) is 0 Å². The predicted molar refractivity (Wildman–Crippen MR) is 47.9 cm³/mol. The van der Waals surface area contributed by atoms with Gasteiger partial charge in [0.05, 0.1) is 19.3 Å². The highest BCUT2D eigenvalue weighted by molar-refractivity contribution is 7.75. The van der Waals surface area contributed by atoms with Crippen LogP contribution in [0.15, 0.2) is 0 Å². The van der Waals surface area contributed by atoms with Gasteiger partial charge in [0.2, 0.25) is 0 Å². The molecule has 0 N–H and O–H groups in total. The Morgan fingerprint density at radius 1 is 1.40 bits per heavy atom. The van der Waals surface area contributed by atoms with Crippen molar-refractivity contribution in [2.24, 2.45) is 0 Å². The van der Waals surface area contributed by atoms with Gasteiger partial charge in [-0.15, -0.1) is 0 Å². The maximum absolute atomic E-state index is 4.84. The van der Waals surface area contributed by atoms with Gasteiger partial charge in [0.1, 0.15) is 0 Å². The predicted octanol–water partition coefficient (Wildman–Crippen LogP) is 0.0326. The van der Waals surface area contributed by atoms with Crippen molar-refractivity contribution in [3.05, 3.63) is 0 Å². The highest BCUT2D eigenvalue weighted by atomic mass is 32.1. The molecule has 60 valence electrons. The minimum atomic E-state index is -0.0134. The van der Waals surface area contributed by atoms with Gasteiger partial charge >= 0.3 is 0 Å². The molecule has 0 aromatic rings. The Hall–Kier alpha value is 0.645. The highest BCUT2D eigenvalue weighted by Crippen LogP contribution is 2.01. The Morgan fingerprint density at radius 2 is 2.10 bits per heavy atom. The van der Waals surface area contributed by atoms with Crippen LogP contribution in [0.2, 0.25) is 0 Å². The van der Waals surface area contributed by atoms with Crippen molar-refractivity contribution in [3.63, 3.8) is 0 Å². The molecule has 6 heteroatoms. The standard InChI is InChI=1S/C4H11BO3S2/c5-6-3-4(8-10)1-2-7-9/h4,9-10H,1-3,5H2. The Kier molecular flexibility index (Phi) is 8.25. The molecular weight excluding hydrogens is 171 g/mol. The van der Waals surface area contributed by atoms with Gasteiger partial charge in [-0.05, 0) is 25.8 Å². The number of rotatable bonds is 6. The van der Waals surface area contributed by atoms with Crippen molar-refractivity contribution in [3.8, 4) is 0 Å².